The summed E-state index contributed by atoms with van der Waals surface area (Å²) in [6, 6.07) is 0.113. The molecule has 14 heavy (non-hydrogen) atoms. The number of aliphatic hydroxyl groups is 1. The van der Waals surface area contributed by atoms with Gasteiger partial charge in [0.15, 0.2) is 0 Å². The first-order chi connectivity index (χ1) is 6.81. The van der Waals surface area contributed by atoms with E-state index in [1.54, 1.807) is 0 Å². The Morgan fingerprint density at radius 2 is 2.07 bits per heavy atom. The summed E-state index contributed by atoms with van der Waals surface area (Å²) in [6.07, 6.45) is 6.50. The predicted molar refractivity (Wildman–Crippen MR) is 53.8 cm³/mol. The molecule has 0 aromatic carbocycles. The van der Waals surface area contributed by atoms with E-state index < -0.39 is 0 Å². The van der Waals surface area contributed by atoms with Gasteiger partial charge >= 0.3 is 0 Å². The standard InChI is InChI=1S/C11H19NO2/c13-8-10-5-2-6-12(10)11(14)7-9-3-1-4-9/h9-10,13H,1-8H2. The molecular weight excluding hydrogens is 178 g/mol. The Bertz CT molecular complexity index is 213. The van der Waals surface area contributed by atoms with Gasteiger partial charge in [-0.1, -0.05) is 6.42 Å². The monoisotopic (exact) mass is 197 g/mol. The first-order valence-electron chi connectivity index (χ1n) is 5.71. The highest BCUT2D eigenvalue weighted by Gasteiger charge is 2.30. The van der Waals surface area contributed by atoms with Gasteiger partial charge in [-0.05, 0) is 31.6 Å². The fraction of sp³-hybridized carbons (Fsp3) is 0.909. The molecule has 1 N–H and O–H groups in total. The average Bonchev–Trinajstić information content (AvgIpc) is 2.58. The van der Waals surface area contributed by atoms with E-state index in [0.29, 0.717) is 5.92 Å². The van der Waals surface area contributed by atoms with E-state index in [4.69, 9.17) is 5.11 Å². The molecule has 3 heteroatoms. The summed E-state index contributed by atoms with van der Waals surface area (Å²) < 4.78 is 0. The van der Waals surface area contributed by atoms with E-state index in [9.17, 15) is 4.79 Å². The van der Waals surface area contributed by atoms with Crippen molar-refractivity contribution < 1.29 is 9.90 Å². The Hall–Kier alpha value is -0.570. The fourth-order valence-corrected chi connectivity index (χ4v) is 2.41. The lowest BCUT2D eigenvalue weighted by Gasteiger charge is -2.29. The highest BCUT2D eigenvalue weighted by molar-refractivity contribution is 5.77. The third-order valence-corrected chi connectivity index (χ3v) is 3.60. The van der Waals surface area contributed by atoms with Crippen LogP contribution in [0.25, 0.3) is 0 Å². The fourth-order valence-electron chi connectivity index (χ4n) is 2.41. The number of nitrogens with zero attached hydrogens (tertiary/aromatic N) is 1. The molecule has 2 fully saturated rings. The van der Waals surface area contributed by atoms with E-state index >= 15 is 0 Å². The van der Waals surface area contributed by atoms with Crippen molar-refractivity contribution in [3.05, 3.63) is 0 Å². The van der Waals surface area contributed by atoms with Gasteiger partial charge in [0, 0.05) is 13.0 Å². The van der Waals surface area contributed by atoms with Gasteiger partial charge in [-0.3, -0.25) is 4.79 Å². The second-order valence-corrected chi connectivity index (χ2v) is 4.57. The molecule has 1 amide bonds. The molecule has 1 saturated carbocycles. The molecule has 1 unspecified atom stereocenters. The third-order valence-electron chi connectivity index (χ3n) is 3.60. The molecule has 2 rings (SSSR count). The molecule has 2 aliphatic rings. The number of aliphatic hydroxyl groups excluding tert-OH is 1. The molecule has 1 heterocycles. The molecule has 0 bridgehead atoms. The highest BCUT2D eigenvalue weighted by Crippen LogP contribution is 2.31. The second kappa shape index (κ2) is 4.30. The van der Waals surface area contributed by atoms with Crippen LogP contribution in [0.1, 0.15) is 38.5 Å². The Balaban J connectivity index is 1.83. The first kappa shape index (κ1) is 9.97. The normalized spacial score (nSPS) is 27.8. The minimum absolute atomic E-state index is 0.113. The van der Waals surface area contributed by atoms with Crippen molar-refractivity contribution in [3.63, 3.8) is 0 Å². The molecule has 80 valence electrons. The first-order valence-corrected chi connectivity index (χ1v) is 5.71. The predicted octanol–water partition coefficient (Wildman–Crippen LogP) is 1.16. The van der Waals surface area contributed by atoms with Crippen LogP contribution in [0.3, 0.4) is 0 Å². The summed E-state index contributed by atoms with van der Waals surface area (Å²) in [6.45, 7) is 0.993. The van der Waals surface area contributed by atoms with Crippen LogP contribution in [0.15, 0.2) is 0 Å². The molecule has 1 aliphatic heterocycles. The molecule has 0 aromatic rings. The SMILES string of the molecule is O=C(CC1CCC1)N1CCCC1CO. The molecule has 1 saturated heterocycles. The highest BCUT2D eigenvalue weighted by atomic mass is 16.3. The molecule has 0 radical (unpaired) electrons. The van der Waals surface area contributed by atoms with Gasteiger partial charge in [0.25, 0.3) is 0 Å². The number of rotatable bonds is 3. The summed E-state index contributed by atoms with van der Waals surface area (Å²) >= 11 is 0. The van der Waals surface area contributed by atoms with E-state index in [0.717, 1.165) is 25.8 Å². The van der Waals surface area contributed by atoms with Crippen LogP contribution in [0, 0.1) is 5.92 Å². The summed E-state index contributed by atoms with van der Waals surface area (Å²) in [5, 5.41) is 9.10. The van der Waals surface area contributed by atoms with Gasteiger partial charge in [0.05, 0.1) is 12.6 Å². The molecule has 0 aromatic heterocycles. The van der Waals surface area contributed by atoms with Crippen molar-refractivity contribution >= 4 is 5.91 Å². The molecule has 1 aliphatic carbocycles. The zero-order valence-corrected chi connectivity index (χ0v) is 8.61. The van der Waals surface area contributed by atoms with Crippen molar-refractivity contribution in [1.29, 1.82) is 0 Å². The lowest BCUT2D eigenvalue weighted by atomic mass is 9.82. The summed E-state index contributed by atoms with van der Waals surface area (Å²) in [5.41, 5.74) is 0. The van der Waals surface area contributed by atoms with Gasteiger partial charge in [0.2, 0.25) is 5.91 Å². The van der Waals surface area contributed by atoms with Crippen molar-refractivity contribution in [2.45, 2.75) is 44.6 Å². The maximum atomic E-state index is 11.8. The lowest BCUT2D eigenvalue weighted by molar-refractivity contribution is -0.134. The average molecular weight is 197 g/mol. The zero-order chi connectivity index (χ0) is 9.97. The summed E-state index contributed by atoms with van der Waals surface area (Å²) in [4.78, 5) is 13.7. The topological polar surface area (TPSA) is 40.5 Å². The van der Waals surface area contributed by atoms with Crippen molar-refractivity contribution in [2.75, 3.05) is 13.2 Å². The number of likely N-dealkylation sites (tertiary alicyclic amines) is 1. The van der Waals surface area contributed by atoms with Crippen LogP contribution >= 0.6 is 0 Å². The number of hydrogen-bond acceptors (Lipinski definition) is 2. The minimum atomic E-state index is 0.113. The third kappa shape index (κ3) is 1.92. The minimum Gasteiger partial charge on any atom is -0.394 e. The van der Waals surface area contributed by atoms with Gasteiger partial charge in [-0.25, -0.2) is 0 Å². The Labute approximate surface area is 85.1 Å². The second-order valence-electron chi connectivity index (χ2n) is 4.57. The van der Waals surface area contributed by atoms with Gasteiger partial charge in [0.1, 0.15) is 0 Å². The van der Waals surface area contributed by atoms with E-state index in [1.165, 1.54) is 19.3 Å². The number of carbonyl (C=O) groups excluding carboxylic acids is 1. The van der Waals surface area contributed by atoms with Crippen molar-refractivity contribution in [1.82, 2.24) is 4.90 Å². The Morgan fingerprint density at radius 3 is 2.64 bits per heavy atom. The van der Waals surface area contributed by atoms with Gasteiger partial charge in [-0.15, -0.1) is 0 Å². The molecule has 0 spiro atoms. The summed E-state index contributed by atoms with van der Waals surface area (Å²) in [5.74, 6) is 0.911. The number of amides is 1. The molecule has 1 atom stereocenters. The van der Waals surface area contributed by atoms with E-state index in [1.807, 2.05) is 4.90 Å². The number of carbonyl (C=O) groups is 1. The molecule has 3 nitrogen and oxygen atoms in total. The maximum Gasteiger partial charge on any atom is 0.223 e. The van der Waals surface area contributed by atoms with Crippen LogP contribution in [-0.2, 0) is 4.79 Å². The van der Waals surface area contributed by atoms with Crippen LogP contribution in [-0.4, -0.2) is 35.1 Å². The Kier molecular flexibility index (Phi) is 3.06. The quantitative estimate of drug-likeness (QED) is 0.737. The maximum absolute atomic E-state index is 11.8. The van der Waals surface area contributed by atoms with Gasteiger partial charge in [-0.2, -0.15) is 0 Å². The van der Waals surface area contributed by atoms with Gasteiger partial charge < -0.3 is 10.0 Å². The van der Waals surface area contributed by atoms with E-state index in [2.05, 4.69) is 0 Å². The van der Waals surface area contributed by atoms with Crippen LogP contribution in [0.5, 0.6) is 0 Å². The molecular formula is C11H19NO2. The van der Waals surface area contributed by atoms with Crippen molar-refractivity contribution in [2.24, 2.45) is 5.92 Å². The van der Waals surface area contributed by atoms with Crippen LogP contribution in [0.2, 0.25) is 0 Å². The smallest absolute Gasteiger partial charge is 0.223 e. The van der Waals surface area contributed by atoms with E-state index in [-0.39, 0.29) is 18.6 Å². The lowest BCUT2D eigenvalue weighted by Crippen LogP contribution is -2.39. The zero-order valence-electron chi connectivity index (χ0n) is 8.61. The van der Waals surface area contributed by atoms with Crippen molar-refractivity contribution in [3.8, 4) is 0 Å². The van der Waals surface area contributed by atoms with Crippen LogP contribution in [0.4, 0.5) is 0 Å². The summed E-state index contributed by atoms with van der Waals surface area (Å²) in [7, 11) is 0. The van der Waals surface area contributed by atoms with Crippen LogP contribution < -0.4 is 0 Å². The number of hydrogen-bond donors (Lipinski definition) is 1. The Morgan fingerprint density at radius 1 is 1.29 bits per heavy atom. The largest absolute Gasteiger partial charge is 0.394 e.